The molecule has 0 unspecified atom stereocenters. The number of rotatable bonds is 6. The number of hydrogen-bond donors (Lipinski definition) is 1. The Morgan fingerprint density at radius 1 is 1.35 bits per heavy atom. The molecule has 0 bridgehead atoms. The fraction of sp³-hybridized carbons (Fsp3) is 0.750. The van der Waals surface area contributed by atoms with Gasteiger partial charge in [-0.15, -0.1) is 11.3 Å². The minimum atomic E-state index is 1.08. The summed E-state index contributed by atoms with van der Waals surface area (Å²) < 4.78 is 0. The molecule has 0 spiro atoms. The standard InChI is InChI=1S/C12H21N3S2/c1-11-12(17-10-14-11)2-3-13-4-5-15-6-8-16-9-7-15/h10,13H,2-9H2,1H3. The van der Waals surface area contributed by atoms with E-state index in [1.54, 1.807) is 11.3 Å². The maximum absolute atomic E-state index is 4.27. The zero-order chi connectivity index (χ0) is 11.9. The molecule has 96 valence electrons. The van der Waals surface area contributed by atoms with Gasteiger partial charge in [-0.1, -0.05) is 0 Å². The summed E-state index contributed by atoms with van der Waals surface area (Å²) in [5.41, 5.74) is 3.14. The summed E-state index contributed by atoms with van der Waals surface area (Å²) in [5, 5.41) is 3.53. The van der Waals surface area contributed by atoms with E-state index in [0.29, 0.717) is 0 Å². The molecule has 1 fully saturated rings. The van der Waals surface area contributed by atoms with Gasteiger partial charge < -0.3 is 10.2 Å². The van der Waals surface area contributed by atoms with Gasteiger partial charge in [0.15, 0.2) is 0 Å². The lowest BCUT2D eigenvalue weighted by atomic mass is 10.3. The molecule has 0 aliphatic carbocycles. The molecule has 3 nitrogen and oxygen atoms in total. The molecule has 0 saturated carbocycles. The maximum Gasteiger partial charge on any atom is 0.0797 e. The van der Waals surface area contributed by atoms with Crippen LogP contribution in [0, 0.1) is 6.92 Å². The average Bonchev–Trinajstić information content (AvgIpc) is 2.76. The molecule has 2 rings (SSSR count). The summed E-state index contributed by atoms with van der Waals surface area (Å²) in [6.07, 6.45) is 1.12. The minimum absolute atomic E-state index is 1.08. The largest absolute Gasteiger partial charge is 0.315 e. The molecule has 1 aliphatic heterocycles. The van der Waals surface area contributed by atoms with Crippen LogP contribution in [0.2, 0.25) is 0 Å². The molecule has 5 heteroatoms. The van der Waals surface area contributed by atoms with Crippen molar-refractivity contribution in [3.63, 3.8) is 0 Å². The van der Waals surface area contributed by atoms with Gasteiger partial charge in [-0.3, -0.25) is 0 Å². The van der Waals surface area contributed by atoms with Crippen LogP contribution < -0.4 is 5.32 Å². The van der Waals surface area contributed by atoms with Gasteiger partial charge >= 0.3 is 0 Å². The van der Waals surface area contributed by atoms with E-state index < -0.39 is 0 Å². The van der Waals surface area contributed by atoms with Gasteiger partial charge in [-0.05, 0) is 13.3 Å². The van der Waals surface area contributed by atoms with Crippen molar-refractivity contribution in [3.05, 3.63) is 16.1 Å². The minimum Gasteiger partial charge on any atom is -0.315 e. The van der Waals surface area contributed by atoms with Gasteiger partial charge in [0.05, 0.1) is 11.2 Å². The lowest BCUT2D eigenvalue weighted by Gasteiger charge is -2.26. The number of aryl methyl sites for hydroxylation is 1. The highest BCUT2D eigenvalue weighted by atomic mass is 32.2. The second kappa shape index (κ2) is 7.36. The van der Waals surface area contributed by atoms with Crippen molar-refractivity contribution in [2.24, 2.45) is 0 Å². The van der Waals surface area contributed by atoms with Crippen LogP contribution in [0.4, 0.5) is 0 Å². The Morgan fingerprint density at radius 3 is 2.88 bits per heavy atom. The first-order chi connectivity index (χ1) is 8.36. The Balaban J connectivity index is 1.53. The van der Waals surface area contributed by atoms with Crippen LogP contribution in [0.1, 0.15) is 10.6 Å². The lowest BCUT2D eigenvalue weighted by Crippen LogP contribution is -2.38. The summed E-state index contributed by atoms with van der Waals surface area (Å²) in [6.45, 7) is 8.01. The van der Waals surface area contributed by atoms with Gasteiger partial charge in [0.2, 0.25) is 0 Å². The Morgan fingerprint density at radius 2 is 2.18 bits per heavy atom. The summed E-state index contributed by atoms with van der Waals surface area (Å²) in [7, 11) is 0. The average molecular weight is 271 g/mol. The van der Waals surface area contributed by atoms with Gasteiger partial charge in [0.25, 0.3) is 0 Å². The van der Waals surface area contributed by atoms with Gasteiger partial charge in [-0.25, -0.2) is 4.98 Å². The molecule has 0 aromatic carbocycles. The first-order valence-corrected chi connectivity index (χ1v) is 8.29. The second-order valence-electron chi connectivity index (χ2n) is 4.31. The molecule has 1 aromatic heterocycles. The fourth-order valence-corrected chi connectivity index (χ4v) is 3.71. The third-order valence-corrected chi connectivity index (χ3v) is 5.02. The molecular formula is C12H21N3S2. The number of hydrogen-bond acceptors (Lipinski definition) is 5. The smallest absolute Gasteiger partial charge is 0.0797 e. The number of aromatic nitrogens is 1. The van der Waals surface area contributed by atoms with E-state index in [-0.39, 0.29) is 0 Å². The summed E-state index contributed by atoms with van der Waals surface area (Å²) in [5.74, 6) is 2.61. The fourth-order valence-electron chi connectivity index (χ4n) is 1.95. The van der Waals surface area contributed by atoms with Crippen LogP contribution in [0.25, 0.3) is 0 Å². The second-order valence-corrected chi connectivity index (χ2v) is 6.48. The van der Waals surface area contributed by atoms with Crippen LogP contribution in [0.15, 0.2) is 5.51 Å². The summed E-state index contributed by atoms with van der Waals surface area (Å²) in [4.78, 5) is 8.25. The molecule has 1 saturated heterocycles. The first-order valence-electron chi connectivity index (χ1n) is 6.26. The number of nitrogens with zero attached hydrogens (tertiary/aromatic N) is 2. The third kappa shape index (κ3) is 4.58. The van der Waals surface area contributed by atoms with E-state index in [4.69, 9.17) is 0 Å². The Kier molecular flexibility index (Phi) is 5.77. The molecule has 1 aliphatic rings. The van der Waals surface area contributed by atoms with Crippen molar-refractivity contribution in [3.8, 4) is 0 Å². The molecule has 1 N–H and O–H groups in total. The van der Waals surface area contributed by atoms with E-state index in [1.807, 2.05) is 5.51 Å². The number of nitrogens with one attached hydrogen (secondary N) is 1. The normalized spacial score (nSPS) is 17.5. The maximum atomic E-state index is 4.27. The topological polar surface area (TPSA) is 28.2 Å². The van der Waals surface area contributed by atoms with Crippen molar-refractivity contribution >= 4 is 23.1 Å². The number of thiazole rings is 1. The highest BCUT2D eigenvalue weighted by Gasteiger charge is 2.09. The van der Waals surface area contributed by atoms with E-state index >= 15 is 0 Å². The summed E-state index contributed by atoms with van der Waals surface area (Å²) >= 11 is 3.85. The van der Waals surface area contributed by atoms with Crippen molar-refractivity contribution in [2.75, 3.05) is 44.2 Å². The quantitative estimate of drug-likeness (QED) is 0.796. The Labute approximate surface area is 112 Å². The Bertz CT molecular complexity index is 321. The summed E-state index contributed by atoms with van der Waals surface area (Å²) in [6, 6.07) is 0. The van der Waals surface area contributed by atoms with Crippen LogP contribution in [0.3, 0.4) is 0 Å². The van der Waals surface area contributed by atoms with Gasteiger partial charge in [0, 0.05) is 49.1 Å². The van der Waals surface area contributed by atoms with E-state index in [0.717, 1.165) is 19.5 Å². The van der Waals surface area contributed by atoms with Crippen LogP contribution in [-0.4, -0.2) is 54.1 Å². The first kappa shape index (κ1) is 13.3. The van der Waals surface area contributed by atoms with Crippen LogP contribution in [-0.2, 0) is 6.42 Å². The molecular weight excluding hydrogens is 250 g/mol. The lowest BCUT2D eigenvalue weighted by molar-refractivity contribution is 0.301. The predicted octanol–water partition coefficient (Wildman–Crippen LogP) is 1.63. The Hall–Kier alpha value is -0.100. The van der Waals surface area contributed by atoms with Crippen molar-refractivity contribution < 1.29 is 0 Å². The van der Waals surface area contributed by atoms with Crippen molar-refractivity contribution in [1.29, 1.82) is 0 Å². The van der Waals surface area contributed by atoms with E-state index in [2.05, 4.69) is 33.9 Å². The van der Waals surface area contributed by atoms with Gasteiger partial charge in [-0.2, -0.15) is 11.8 Å². The zero-order valence-corrected chi connectivity index (χ0v) is 12.1. The molecule has 17 heavy (non-hydrogen) atoms. The third-order valence-electron chi connectivity index (χ3n) is 3.08. The van der Waals surface area contributed by atoms with Crippen LogP contribution >= 0.6 is 23.1 Å². The van der Waals surface area contributed by atoms with E-state index in [9.17, 15) is 0 Å². The zero-order valence-electron chi connectivity index (χ0n) is 10.4. The number of thioether (sulfide) groups is 1. The van der Waals surface area contributed by atoms with Gasteiger partial charge in [0.1, 0.15) is 0 Å². The van der Waals surface area contributed by atoms with Crippen molar-refractivity contribution in [2.45, 2.75) is 13.3 Å². The highest BCUT2D eigenvalue weighted by molar-refractivity contribution is 7.99. The molecule has 1 aromatic rings. The van der Waals surface area contributed by atoms with E-state index in [1.165, 1.54) is 41.7 Å². The monoisotopic (exact) mass is 271 g/mol. The SMILES string of the molecule is Cc1ncsc1CCNCCN1CCSCC1. The molecule has 0 atom stereocenters. The van der Waals surface area contributed by atoms with Crippen LogP contribution in [0.5, 0.6) is 0 Å². The van der Waals surface area contributed by atoms with Crippen molar-refractivity contribution in [1.82, 2.24) is 15.2 Å². The predicted molar refractivity (Wildman–Crippen MR) is 77.2 cm³/mol. The molecule has 0 amide bonds. The molecule has 2 heterocycles. The highest BCUT2D eigenvalue weighted by Crippen LogP contribution is 2.12. The molecule has 0 radical (unpaired) electrons.